The lowest BCUT2D eigenvalue weighted by atomic mass is 9.78. The minimum absolute atomic E-state index is 0.433. The lowest BCUT2D eigenvalue weighted by Gasteiger charge is -2.29. The molecule has 1 heterocycles. The van der Waals surface area contributed by atoms with Crippen LogP contribution in [-0.2, 0) is 17.9 Å². The number of nitrogens with zero attached hydrogens (tertiary/aromatic N) is 1. The molecule has 3 rings (SSSR count). The summed E-state index contributed by atoms with van der Waals surface area (Å²) in [5, 5.41) is 0. The van der Waals surface area contributed by atoms with Crippen LogP contribution in [0.15, 0.2) is 24.3 Å². The zero-order valence-corrected chi connectivity index (χ0v) is 12.4. The lowest BCUT2D eigenvalue weighted by Crippen LogP contribution is -2.38. The highest BCUT2D eigenvalue weighted by atomic mass is 16.5. The van der Waals surface area contributed by atoms with E-state index in [0.717, 1.165) is 18.4 Å². The van der Waals surface area contributed by atoms with Gasteiger partial charge < -0.3 is 10.5 Å². The molecule has 1 aromatic rings. The van der Waals surface area contributed by atoms with Gasteiger partial charge in [0, 0.05) is 32.8 Å². The highest BCUT2D eigenvalue weighted by Crippen LogP contribution is 2.36. The number of benzene rings is 1. The summed E-state index contributed by atoms with van der Waals surface area (Å²) in [5.41, 5.74) is 8.93. The molecule has 3 nitrogen and oxygen atoms in total. The number of likely N-dealkylation sites (tertiary alicyclic amines) is 1. The molecule has 1 saturated heterocycles. The molecule has 3 atom stereocenters. The quantitative estimate of drug-likeness (QED) is 0.916. The molecule has 1 aliphatic carbocycles. The van der Waals surface area contributed by atoms with E-state index in [1.54, 1.807) is 7.11 Å². The van der Waals surface area contributed by atoms with Crippen molar-refractivity contribution < 1.29 is 4.74 Å². The summed E-state index contributed by atoms with van der Waals surface area (Å²) in [6.07, 6.45) is 3.92. The van der Waals surface area contributed by atoms with Gasteiger partial charge >= 0.3 is 0 Å². The van der Waals surface area contributed by atoms with Crippen molar-refractivity contribution in [1.29, 1.82) is 0 Å². The van der Waals surface area contributed by atoms with E-state index < -0.39 is 0 Å². The SMILES string of the molecule is COCc1ccc(CN2CC3CCCC(N)C3C2)cc1. The van der Waals surface area contributed by atoms with Crippen LogP contribution in [0.3, 0.4) is 0 Å². The molecule has 110 valence electrons. The fourth-order valence-corrected chi connectivity index (χ4v) is 3.90. The predicted molar refractivity (Wildman–Crippen MR) is 81.2 cm³/mol. The summed E-state index contributed by atoms with van der Waals surface area (Å²) >= 11 is 0. The van der Waals surface area contributed by atoms with Gasteiger partial charge in [-0.1, -0.05) is 30.7 Å². The van der Waals surface area contributed by atoms with Gasteiger partial charge in [0.1, 0.15) is 0 Å². The average molecular weight is 274 g/mol. The smallest absolute Gasteiger partial charge is 0.0713 e. The van der Waals surface area contributed by atoms with Gasteiger partial charge in [0.25, 0.3) is 0 Å². The Morgan fingerprint density at radius 3 is 2.60 bits per heavy atom. The van der Waals surface area contributed by atoms with E-state index in [1.807, 2.05) is 0 Å². The van der Waals surface area contributed by atoms with Gasteiger partial charge in [0.2, 0.25) is 0 Å². The van der Waals surface area contributed by atoms with Gasteiger partial charge in [-0.2, -0.15) is 0 Å². The third-order valence-corrected chi connectivity index (χ3v) is 4.97. The molecule has 3 heteroatoms. The molecule has 0 aromatic heterocycles. The fraction of sp³-hybridized carbons (Fsp3) is 0.647. The summed E-state index contributed by atoms with van der Waals surface area (Å²) < 4.78 is 5.15. The van der Waals surface area contributed by atoms with Gasteiger partial charge in [0.05, 0.1) is 6.61 Å². The van der Waals surface area contributed by atoms with E-state index in [9.17, 15) is 0 Å². The number of ether oxygens (including phenoxy) is 1. The van der Waals surface area contributed by atoms with Crippen molar-refractivity contribution in [2.75, 3.05) is 20.2 Å². The summed E-state index contributed by atoms with van der Waals surface area (Å²) in [7, 11) is 1.74. The Labute approximate surface area is 122 Å². The van der Waals surface area contributed by atoms with Gasteiger partial charge in [-0.05, 0) is 35.8 Å². The minimum Gasteiger partial charge on any atom is -0.380 e. The van der Waals surface area contributed by atoms with Crippen LogP contribution in [-0.4, -0.2) is 31.1 Å². The molecular weight excluding hydrogens is 248 g/mol. The highest BCUT2D eigenvalue weighted by molar-refractivity contribution is 5.22. The molecule has 0 radical (unpaired) electrons. The van der Waals surface area contributed by atoms with E-state index in [2.05, 4.69) is 29.2 Å². The first-order chi connectivity index (χ1) is 9.76. The molecule has 2 aliphatic rings. The van der Waals surface area contributed by atoms with Crippen molar-refractivity contribution in [3.05, 3.63) is 35.4 Å². The molecule has 2 N–H and O–H groups in total. The summed E-state index contributed by atoms with van der Waals surface area (Å²) in [4.78, 5) is 2.59. The summed E-state index contributed by atoms with van der Waals surface area (Å²) in [6, 6.07) is 9.25. The number of rotatable bonds is 4. The standard InChI is InChI=1S/C17H26N2O/c1-20-12-14-7-5-13(6-8-14)9-19-10-15-3-2-4-17(18)16(15)11-19/h5-8,15-17H,2-4,9-12,18H2,1H3. The van der Waals surface area contributed by atoms with Crippen molar-refractivity contribution in [2.24, 2.45) is 17.6 Å². The number of fused-ring (bicyclic) bond motifs is 1. The van der Waals surface area contributed by atoms with Crippen LogP contribution in [0, 0.1) is 11.8 Å². The van der Waals surface area contributed by atoms with Crippen molar-refractivity contribution in [3.63, 3.8) is 0 Å². The summed E-state index contributed by atoms with van der Waals surface area (Å²) in [5.74, 6) is 1.57. The first kappa shape index (κ1) is 14.1. The van der Waals surface area contributed by atoms with Crippen LogP contribution in [0.1, 0.15) is 30.4 Å². The molecule has 2 fully saturated rings. The third-order valence-electron chi connectivity index (χ3n) is 4.97. The lowest BCUT2D eigenvalue weighted by molar-refractivity contribution is 0.185. The topological polar surface area (TPSA) is 38.5 Å². The summed E-state index contributed by atoms with van der Waals surface area (Å²) in [6.45, 7) is 4.18. The van der Waals surface area contributed by atoms with Gasteiger partial charge in [-0.25, -0.2) is 0 Å². The fourth-order valence-electron chi connectivity index (χ4n) is 3.90. The second-order valence-electron chi connectivity index (χ2n) is 6.46. The largest absolute Gasteiger partial charge is 0.380 e. The Balaban J connectivity index is 1.58. The van der Waals surface area contributed by atoms with Crippen molar-refractivity contribution >= 4 is 0 Å². The van der Waals surface area contributed by atoms with Crippen molar-refractivity contribution in [1.82, 2.24) is 4.90 Å². The third kappa shape index (κ3) is 3.05. The first-order valence-electron chi connectivity index (χ1n) is 7.81. The number of hydrogen-bond acceptors (Lipinski definition) is 3. The average Bonchev–Trinajstić information content (AvgIpc) is 2.85. The zero-order valence-electron chi connectivity index (χ0n) is 12.4. The Hall–Kier alpha value is -0.900. The van der Waals surface area contributed by atoms with Gasteiger partial charge in [-0.3, -0.25) is 4.90 Å². The second kappa shape index (κ2) is 6.25. The van der Waals surface area contributed by atoms with Crippen molar-refractivity contribution in [3.8, 4) is 0 Å². The van der Waals surface area contributed by atoms with Crippen LogP contribution in [0.25, 0.3) is 0 Å². The van der Waals surface area contributed by atoms with Crippen LogP contribution in [0.4, 0.5) is 0 Å². The molecular formula is C17H26N2O. The number of hydrogen-bond donors (Lipinski definition) is 1. The second-order valence-corrected chi connectivity index (χ2v) is 6.46. The Morgan fingerprint density at radius 1 is 1.15 bits per heavy atom. The van der Waals surface area contributed by atoms with E-state index >= 15 is 0 Å². The maximum atomic E-state index is 6.29. The first-order valence-corrected chi connectivity index (χ1v) is 7.81. The predicted octanol–water partition coefficient (Wildman–Crippen LogP) is 2.39. The highest BCUT2D eigenvalue weighted by Gasteiger charge is 2.38. The normalized spacial score (nSPS) is 30.4. The van der Waals surface area contributed by atoms with E-state index in [0.29, 0.717) is 12.6 Å². The Morgan fingerprint density at radius 2 is 1.90 bits per heavy atom. The van der Waals surface area contributed by atoms with Crippen LogP contribution in [0.5, 0.6) is 0 Å². The van der Waals surface area contributed by atoms with E-state index in [4.69, 9.17) is 10.5 Å². The Bertz CT molecular complexity index is 431. The van der Waals surface area contributed by atoms with Crippen molar-refractivity contribution in [2.45, 2.75) is 38.5 Å². The maximum absolute atomic E-state index is 6.29. The molecule has 0 bridgehead atoms. The monoisotopic (exact) mass is 274 g/mol. The van der Waals surface area contributed by atoms with Crippen LogP contribution < -0.4 is 5.73 Å². The molecule has 1 aromatic carbocycles. The number of nitrogens with two attached hydrogens (primary N) is 1. The van der Waals surface area contributed by atoms with Crippen LogP contribution in [0.2, 0.25) is 0 Å². The van der Waals surface area contributed by atoms with Gasteiger partial charge in [0.15, 0.2) is 0 Å². The van der Waals surface area contributed by atoms with E-state index in [1.165, 1.54) is 43.5 Å². The maximum Gasteiger partial charge on any atom is 0.0713 e. The van der Waals surface area contributed by atoms with Crippen LogP contribution >= 0.6 is 0 Å². The molecule has 20 heavy (non-hydrogen) atoms. The molecule has 1 saturated carbocycles. The molecule has 1 aliphatic heterocycles. The number of methoxy groups -OCH3 is 1. The molecule has 3 unspecified atom stereocenters. The van der Waals surface area contributed by atoms with E-state index in [-0.39, 0.29) is 0 Å². The molecule has 0 amide bonds. The van der Waals surface area contributed by atoms with Gasteiger partial charge in [-0.15, -0.1) is 0 Å². The molecule has 0 spiro atoms. The Kier molecular flexibility index (Phi) is 4.39. The minimum atomic E-state index is 0.433. The zero-order chi connectivity index (χ0) is 13.9.